The Morgan fingerprint density at radius 3 is 1.44 bits per heavy atom. The summed E-state index contributed by atoms with van der Waals surface area (Å²) in [7, 11) is 0. The molecule has 0 spiro atoms. The zero-order valence-electron chi connectivity index (χ0n) is 4.51. The van der Waals surface area contributed by atoms with Crippen LogP contribution in [0.5, 0.6) is 0 Å². The first-order chi connectivity index (χ1) is 3.97. The predicted octanol–water partition coefficient (Wildman–Crippen LogP) is 3.46. The molecule has 0 nitrogen and oxygen atoms in total. The van der Waals surface area contributed by atoms with E-state index in [4.69, 9.17) is 0 Å². The fourth-order valence-corrected chi connectivity index (χ4v) is 0. The summed E-state index contributed by atoms with van der Waals surface area (Å²) in [6, 6.07) is 0. The molecule has 0 aromatic heterocycles. The number of rotatable bonds is 0. The van der Waals surface area contributed by atoms with Crippen molar-refractivity contribution in [2.24, 2.45) is 0 Å². The van der Waals surface area contributed by atoms with E-state index in [0.717, 1.165) is 0 Å². The van der Waals surface area contributed by atoms with Crippen molar-refractivity contribution in [1.29, 1.82) is 0 Å². The molecule has 0 saturated carbocycles. The molecule has 0 unspecified atom stereocenters. The second-order valence-electron chi connectivity index (χ2n) is 0.966. The van der Waals surface area contributed by atoms with Crippen LogP contribution < -0.4 is 0 Å². The first-order valence-corrected chi connectivity index (χ1v) is 15.9. The molecule has 0 aromatic carbocycles. The quantitative estimate of drug-likeness (QED) is 0.599. The van der Waals surface area contributed by atoms with Gasteiger partial charge in [-0.3, -0.25) is 0 Å². The summed E-state index contributed by atoms with van der Waals surface area (Å²) in [5.74, 6) is 0. The maximum atomic E-state index is 10.7. The topological polar surface area (TPSA) is 0 Å². The second kappa shape index (κ2) is 7.48. The third kappa shape index (κ3) is 26.6. The third-order valence-corrected chi connectivity index (χ3v) is 0.283. The van der Waals surface area contributed by atoms with E-state index in [1.807, 2.05) is 0 Å². The van der Waals surface area contributed by atoms with Gasteiger partial charge in [-0.05, 0) is 6.92 Å². The zero-order valence-corrected chi connectivity index (χ0v) is 10.7. The van der Waals surface area contributed by atoms with Crippen LogP contribution in [0.15, 0.2) is 0 Å². The zero-order chi connectivity index (χ0) is 7.91. The predicted molar refractivity (Wildman–Crippen MR) is 33.9 cm³/mol. The van der Waals surface area contributed by atoms with Crippen molar-refractivity contribution in [3.05, 3.63) is 6.92 Å². The Morgan fingerprint density at radius 1 is 1.33 bits per heavy atom. The summed E-state index contributed by atoms with van der Waals surface area (Å²) >= 11 is 6.25. The summed E-state index contributed by atoms with van der Waals surface area (Å²) in [6.45, 7) is 2.63. The fraction of sp³-hybridized carbons (Fsp3) is 0.667. The molecule has 0 N–H and O–H groups in total. The molecule has 0 aromatic rings. The van der Waals surface area contributed by atoms with Crippen molar-refractivity contribution in [3.63, 3.8) is 0 Å². The molecular weight excluding hydrogens is 318 g/mol. The first kappa shape index (κ1) is 13.0. The van der Waals surface area contributed by atoms with Crippen molar-refractivity contribution in [2.75, 3.05) is 0 Å². The van der Waals surface area contributed by atoms with Crippen LogP contribution >= 0.6 is 27.2 Å². The Morgan fingerprint density at radius 2 is 1.44 bits per heavy atom. The van der Waals surface area contributed by atoms with Crippen molar-refractivity contribution in [1.82, 2.24) is 0 Å². The van der Waals surface area contributed by atoms with Crippen LogP contribution in [0.25, 0.3) is 0 Å². The molecule has 0 amide bonds. The van der Waals surface area contributed by atoms with E-state index in [1.165, 1.54) is 0 Å². The molecular formula is C3H4Br2F3Zn. The molecule has 0 fully saturated rings. The fourth-order valence-electron chi connectivity index (χ4n) is 0. The number of hydrogen-bond donors (Lipinski definition) is 0. The van der Waals surface area contributed by atoms with Crippen LogP contribution in [0.1, 0.15) is 6.42 Å². The summed E-state index contributed by atoms with van der Waals surface area (Å²) in [5.41, 5.74) is 0. The van der Waals surface area contributed by atoms with E-state index >= 15 is 0 Å². The largest absolute Gasteiger partial charge is 0.389 e. The molecule has 6 heteroatoms. The van der Waals surface area contributed by atoms with Gasteiger partial charge < -0.3 is 0 Å². The van der Waals surface area contributed by atoms with Gasteiger partial charge in [0.15, 0.2) is 0 Å². The Bertz CT molecular complexity index is 55.5. The standard InChI is InChI=1S/C3H4F3.2BrH.Zn/c1-2-3(4,5)6;;;/h1-2H2;2*1H;/q;;;+2/p-2. The SMILES string of the molecule is [Br][Zn][Br].[CH2]CC(F)(F)F. The third-order valence-electron chi connectivity index (χ3n) is 0.283. The van der Waals surface area contributed by atoms with Gasteiger partial charge in [0.1, 0.15) is 0 Å². The normalized spacial score (nSPS) is 9.11. The van der Waals surface area contributed by atoms with Gasteiger partial charge >= 0.3 is 46.6 Å². The van der Waals surface area contributed by atoms with Crippen molar-refractivity contribution in [3.8, 4) is 0 Å². The van der Waals surface area contributed by atoms with Gasteiger partial charge in [-0.25, -0.2) is 0 Å². The van der Waals surface area contributed by atoms with Gasteiger partial charge in [0.25, 0.3) is 0 Å². The van der Waals surface area contributed by atoms with Gasteiger partial charge in [-0.2, -0.15) is 13.2 Å². The Labute approximate surface area is 72.9 Å². The molecule has 1 radical (unpaired) electrons. The molecule has 9 heavy (non-hydrogen) atoms. The van der Waals surface area contributed by atoms with Crippen LogP contribution in [0, 0.1) is 6.92 Å². The van der Waals surface area contributed by atoms with E-state index in [1.54, 1.807) is 0 Å². The number of halogens is 5. The van der Waals surface area contributed by atoms with Crippen LogP contribution in [-0.4, -0.2) is 6.18 Å². The van der Waals surface area contributed by atoms with E-state index in [9.17, 15) is 13.2 Å². The van der Waals surface area contributed by atoms with Crippen molar-refractivity contribution < 1.29 is 26.4 Å². The average Bonchev–Trinajstić information content (AvgIpc) is 1.67. The molecule has 0 rings (SSSR count). The summed E-state index contributed by atoms with van der Waals surface area (Å²) in [6.07, 6.45) is -5.05. The Balaban J connectivity index is 0. The molecule has 0 heterocycles. The van der Waals surface area contributed by atoms with Gasteiger partial charge in [-0.1, -0.05) is 0 Å². The van der Waals surface area contributed by atoms with Crippen LogP contribution in [0.2, 0.25) is 0 Å². The summed E-state index contributed by atoms with van der Waals surface area (Å²) in [5, 5.41) is 0. The summed E-state index contributed by atoms with van der Waals surface area (Å²) in [4.78, 5) is 0. The van der Waals surface area contributed by atoms with Crippen LogP contribution in [-0.2, 0) is 13.2 Å². The van der Waals surface area contributed by atoms with Crippen LogP contribution in [0.3, 0.4) is 0 Å². The van der Waals surface area contributed by atoms with E-state index in [-0.39, 0.29) is 13.2 Å². The van der Waals surface area contributed by atoms with E-state index in [0.29, 0.717) is 0 Å². The maximum Gasteiger partial charge on any atom is 0.389 e. The number of hydrogen-bond acceptors (Lipinski definition) is 0. The average molecular weight is 322 g/mol. The smallest absolute Gasteiger partial charge is 0.171 e. The minimum Gasteiger partial charge on any atom is -0.171 e. The second-order valence-corrected chi connectivity index (χ2v) is 15.0. The van der Waals surface area contributed by atoms with Crippen LogP contribution in [0.4, 0.5) is 13.2 Å². The molecule has 0 aliphatic carbocycles. The van der Waals surface area contributed by atoms with Crippen molar-refractivity contribution in [2.45, 2.75) is 12.6 Å². The minimum atomic E-state index is -4.07. The van der Waals surface area contributed by atoms with E-state index < -0.39 is 12.6 Å². The van der Waals surface area contributed by atoms with Gasteiger partial charge in [0.05, 0.1) is 0 Å². The van der Waals surface area contributed by atoms with Gasteiger partial charge in [-0.15, -0.1) is 0 Å². The maximum absolute atomic E-state index is 10.7. The minimum absolute atomic E-state index is 0.250. The molecule has 0 atom stereocenters. The monoisotopic (exact) mass is 319 g/mol. The van der Waals surface area contributed by atoms with Gasteiger partial charge in [0, 0.05) is 6.42 Å². The van der Waals surface area contributed by atoms with Crippen molar-refractivity contribution >= 4 is 27.2 Å². The molecule has 53 valence electrons. The number of alkyl halides is 3. The molecule has 0 aliphatic heterocycles. The molecule has 0 bridgehead atoms. The van der Waals surface area contributed by atoms with Gasteiger partial charge in [0.2, 0.25) is 0 Å². The Kier molecular flexibility index (Phi) is 10.8. The first-order valence-electron chi connectivity index (χ1n) is 1.96. The van der Waals surface area contributed by atoms with E-state index in [2.05, 4.69) is 34.2 Å². The Hall–Kier alpha value is 1.37. The molecule has 0 saturated heterocycles. The summed E-state index contributed by atoms with van der Waals surface area (Å²) < 4.78 is 32.2. The molecule has 0 aliphatic rings.